The topological polar surface area (TPSA) is 38.1 Å². The molecule has 0 saturated heterocycles. The average Bonchev–Trinajstić information content (AvgIpc) is 3.57. The molecule has 3 heterocycles. The monoisotopic (exact) mass is 399 g/mol. The van der Waals surface area contributed by atoms with Gasteiger partial charge >= 0.3 is 0 Å². The summed E-state index contributed by atoms with van der Waals surface area (Å²) in [6, 6.07) is 16.5. The molecule has 0 unspecified atom stereocenters. The molecule has 2 aromatic heterocycles. The maximum Gasteiger partial charge on any atom is 0.254 e. The first-order valence-electron chi connectivity index (χ1n) is 11.1. The molecule has 0 amide bonds. The van der Waals surface area contributed by atoms with Gasteiger partial charge in [-0.3, -0.25) is 14.7 Å². The minimum absolute atomic E-state index is 0.137. The highest BCUT2D eigenvalue weighted by Gasteiger charge is 2.28. The van der Waals surface area contributed by atoms with Crippen molar-refractivity contribution in [2.45, 2.75) is 45.7 Å². The second-order valence-electron chi connectivity index (χ2n) is 8.89. The Morgan fingerprint density at radius 1 is 1.07 bits per heavy atom. The third-order valence-corrected chi connectivity index (χ3v) is 6.53. The quantitative estimate of drug-likeness (QED) is 0.630. The zero-order valence-corrected chi connectivity index (χ0v) is 17.7. The zero-order chi connectivity index (χ0) is 20.5. The van der Waals surface area contributed by atoms with E-state index in [0.29, 0.717) is 13.0 Å². The van der Waals surface area contributed by atoms with Crippen LogP contribution in [0.15, 0.2) is 59.5 Å². The van der Waals surface area contributed by atoms with Crippen molar-refractivity contribution in [2.75, 3.05) is 13.1 Å². The van der Waals surface area contributed by atoms with Gasteiger partial charge in [0.15, 0.2) is 0 Å². The molecule has 1 saturated carbocycles. The van der Waals surface area contributed by atoms with E-state index in [0.717, 1.165) is 36.7 Å². The molecule has 4 nitrogen and oxygen atoms in total. The Hall–Kier alpha value is -2.72. The molecule has 0 radical (unpaired) electrons. The molecular formula is C26H29N3O. The first-order valence-corrected chi connectivity index (χ1v) is 11.1. The van der Waals surface area contributed by atoms with E-state index in [4.69, 9.17) is 0 Å². The number of fused-ring (bicyclic) bond motifs is 1. The Kier molecular flexibility index (Phi) is 5.26. The molecule has 1 aromatic carbocycles. The minimum Gasteiger partial charge on any atom is -0.306 e. The molecule has 0 N–H and O–H groups in total. The Balaban J connectivity index is 1.54. The van der Waals surface area contributed by atoms with Gasteiger partial charge in [0.1, 0.15) is 0 Å². The van der Waals surface area contributed by atoms with Gasteiger partial charge in [-0.05, 0) is 60.6 Å². The van der Waals surface area contributed by atoms with Crippen LogP contribution in [-0.4, -0.2) is 27.5 Å². The zero-order valence-electron chi connectivity index (χ0n) is 17.7. The summed E-state index contributed by atoms with van der Waals surface area (Å²) in [7, 11) is 0. The molecular weight excluding hydrogens is 370 g/mol. The van der Waals surface area contributed by atoms with Crippen molar-refractivity contribution in [2.24, 2.45) is 5.92 Å². The van der Waals surface area contributed by atoms with Gasteiger partial charge in [-0.25, -0.2) is 0 Å². The van der Waals surface area contributed by atoms with Gasteiger partial charge in [0, 0.05) is 49.9 Å². The van der Waals surface area contributed by atoms with Crippen molar-refractivity contribution < 1.29 is 0 Å². The Morgan fingerprint density at radius 3 is 2.67 bits per heavy atom. The lowest BCUT2D eigenvalue weighted by Crippen LogP contribution is -2.38. The molecule has 0 bridgehead atoms. The number of rotatable bonds is 6. The highest BCUT2D eigenvalue weighted by molar-refractivity contribution is 5.35. The highest BCUT2D eigenvalue weighted by atomic mass is 16.1. The number of aryl methyl sites for hydroxylation is 1. The summed E-state index contributed by atoms with van der Waals surface area (Å²) in [4.78, 5) is 20.6. The van der Waals surface area contributed by atoms with Crippen LogP contribution in [0.1, 0.15) is 46.5 Å². The summed E-state index contributed by atoms with van der Waals surface area (Å²) in [6.45, 7) is 5.87. The lowest BCUT2D eigenvalue weighted by atomic mass is 9.97. The predicted molar refractivity (Wildman–Crippen MR) is 120 cm³/mol. The van der Waals surface area contributed by atoms with Gasteiger partial charge in [0.05, 0.1) is 12.2 Å². The lowest BCUT2D eigenvalue weighted by Gasteiger charge is -2.31. The van der Waals surface area contributed by atoms with Crippen LogP contribution in [0.25, 0.3) is 0 Å². The molecule has 1 fully saturated rings. The third kappa shape index (κ3) is 4.10. The summed E-state index contributed by atoms with van der Waals surface area (Å²) in [5, 5.41) is 0. The molecule has 0 spiro atoms. The molecule has 0 atom stereocenters. The van der Waals surface area contributed by atoms with E-state index in [2.05, 4.69) is 47.1 Å². The van der Waals surface area contributed by atoms with Gasteiger partial charge in [0.2, 0.25) is 0 Å². The van der Waals surface area contributed by atoms with Crippen molar-refractivity contribution in [3.05, 3.63) is 98.7 Å². The fraction of sp³-hybridized carbons (Fsp3) is 0.385. The molecule has 4 heteroatoms. The minimum atomic E-state index is 0.137. The standard InChI is InChI=1S/C26H29N3O/c1-19-6-2-3-7-21(19)14-22-15-23-17-28(16-20-9-10-20)13-11-25(23)29(26(22)30)18-24-8-4-5-12-27-24/h2-8,12,15,20H,9-11,13-14,16-18H2,1H3. The van der Waals surface area contributed by atoms with Crippen molar-refractivity contribution >= 4 is 0 Å². The number of hydrogen-bond donors (Lipinski definition) is 0. The number of aromatic nitrogens is 2. The number of pyridine rings is 2. The van der Waals surface area contributed by atoms with Crippen LogP contribution in [0.2, 0.25) is 0 Å². The third-order valence-electron chi connectivity index (χ3n) is 6.53. The maximum absolute atomic E-state index is 13.6. The van der Waals surface area contributed by atoms with Crippen molar-refractivity contribution in [3.63, 3.8) is 0 Å². The van der Waals surface area contributed by atoms with Crippen LogP contribution in [-0.2, 0) is 25.9 Å². The van der Waals surface area contributed by atoms with E-state index in [1.165, 1.54) is 41.8 Å². The van der Waals surface area contributed by atoms with Crippen molar-refractivity contribution in [3.8, 4) is 0 Å². The molecule has 2 aliphatic rings. The summed E-state index contributed by atoms with van der Waals surface area (Å²) < 4.78 is 2.00. The number of benzene rings is 1. The average molecular weight is 400 g/mol. The second-order valence-corrected chi connectivity index (χ2v) is 8.89. The van der Waals surface area contributed by atoms with E-state index in [-0.39, 0.29) is 5.56 Å². The van der Waals surface area contributed by atoms with Crippen molar-refractivity contribution in [1.29, 1.82) is 0 Å². The van der Waals surface area contributed by atoms with Crippen LogP contribution in [0.3, 0.4) is 0 Å². The fourth-order valence-electron chi connectivity index (χ4n) is 4.62. The second kappa shape index (κ2) is 8.19. The number of nitrogens with zero attached hydrogens (tertiary/aromatic N) is 3. The molecule has 1 aliphatic heterocycles. The van der Waals surface area contributed by atoms with E-state index in [9.17, 15) is 4.79 Å². The lowest BCUT2D eigenvalue weighted by molar-refractivity contribution is 0.238. The van der Waals surface area contributed by atoms with Crippen LogP contribution in [0.5, 0.6) is 0 Å². The van der Waals surface area contributed by atoms with Gasteiger partial charge < -0.3 is 4.57 Å². The van der Waals surface area contributed by atoms with Gasteiger partial charge in [-0.2, -0.15) is 0 Å². The van der Waals surface area contributed by atoms with Crippen molar-refractivity contribution in [1.82, 2.24) is 14.5 Å². The summed E-state index contributed by atoms with van der Waals surface area (Å²) >= 11 is 0. The van der Waals surface area contributed by atoms with Crippen LogP contribution >= 0.6 is 0 Å². The maximum atomic E-state index is 13.6. The molecule has 154 valence electrons. The normalized spacial score (nSPS) is 16.4. The van der Waals surface area contributed by atoms with E-state index in [1.807, 2.05) is 22.8 Å². The Morgan fingerprint density at radius 2 is 1.90 bits per heavy atom. The molecule has 3 aromatic rings. The SMILES string of the molecule is Cc1ccccc1Cc1cc2c(n(Cc3ccccn3)c1=O)CCN(CC1CC1)C2. The van der Waals surface area contributed by atoms with E-state index >= 15 is 0 Å². The van der Waals surface area contributed by atoms with E-state index < -0.39 is 0 Å². The largest absolute Gasteiger partial charge is 0.306 e. The Bertz CT molecular complexity index is 1100. The summed E-state index contributed by atoms with van der Waals surface area (Å²) in [5.41, 5.74) is 6.96. The van der Waals surface area contributed by atoms with Gasteiger partial charge in [-0.15, -0.1) is 0 Å². The van der Waals surface area contributed by atoms with Crippen LogP contribution in [0, 0.1) is 12.8 Å². The van der Waals surface area contributed by atoms with Crippen LogP contribution < -0.4 is 5.56 Å². The molecule has 30 heavy (non-hydrogen) atoms. The first kappa shape index (κ1) is 19.3. The Labute approximate surface area is 178 Å². The summed E-state index contributed by atoms with van der Waals surface area (Å²) in [6.07, 6.45) is 6.18. The number of hydrogen-bond acceptors (Lipinski definition) is 3. The van der Waals surface area contributed by atoms with Gasteiger partial charge in [0.25, 0.3) is 5.56 Å². The molecule has 5 rings (SSSR count). The summed E-state index contributed by atoms with van der Waals surface area (Å²) in [5.74, 6) is 0.886. The van der Waals surface area contributed by atoms with Crippen LogP contribution in [0.4, 0.5) is 0 Å². The smallest absolute Gasteiger partial charge is 0.254 e. The predicted octanol–water partition coefficient (Wildman–Crippen LogP) is 3.96. The fourth-order valence-corrected chi connectivity index (χ4v) is 4.62. The van der Waals surface area contributed by atoms with E-state index in [1.54, 1.807) is 6.20 Å². The molecule has 1 aliphatic carbocycles. The highest BCUT2D eigenvalue weighted by Crippen LogP contribution is 2.31. The van der Waals surface area contributed by atoms with Gasteiger partial charge in [-0.1, -0.05) is 30.3 Å². The first-order chi connectivity index (χ1) is 14.7.